The number of carbonyl (C=O) groups excluding carboxylic acids is 1. The summed E-state index contributed by atoms with van der Waals surface area (Å²) < 4.78 is 0. The van der Waals surface area contributed by atoms with Gasteiger partial charge in [-0.1, -0.05) is 36.4 Å². The van der Waals surface area contributed by atoms with E-state index in [1.54, 1.807) is 11.0 Å². The number of tetrazole rings is 1. The maximum Gasteiger partial charge on any atom is 0.223 e. The van der Waals surface area contributed by atoms with E-state index < -0.39 is 0 Å². The number of pyridine rings is 1. The molecule has 2 aromatic heterocycles. The summed E-state index contributed by atoms with van der Waals surface area (Å²) in [5.41, 5.74) is 1.89. The number of likely N-dealkylation sites (tertiary alicyclic amines) is 1. The Morgan fingerprint density at radius 2 is 1.96 bits per heavy atom. The van der Waals surface area contributed by atoms with E-state index in [0.717, 1.165) is 25.8 Å². The number of amides is 1. The van der Waals surface area contributed by atoms with Gasteiger partial charge in [-0.05, 0) is 42.2 Å². The fraction of sp³-hybridized carbons (Fsp3) is 0.350. The Morgan fingerprint density at radius 1 is 1.11 bits per heavy atom. The van der Waals surface area contributed by atoms with Crippen LogP contribution in [0.4, 0.5) is 0 Å². The lowest BCUT2D eigenvalue weighted by Gasteiger charge is -2.24. The van der Waals surface area contributed by atoms with E-state index in [0.29, 0.717) is 24.5 Å². The molecule has 1 atom stereocenters. The van der Waals surface area contributed by atoms with E-state index in [1.165, 1.54) is 5.56 Å². The summed E-state index contributed by atoms with van der Waals surface area (Å²) in [7, 11) is 0. The number of aromatic nitrogens is 5. The van der Waals surface area contributed by atoms with Gasteiger partial charge in [0.15, 0.2) is 0 Å². The summed E-state index contributed by atoms with van der Waals surface area (Å²) in [6.45, 7) is 1.37. The van der Waals surface area contributed by atoms with Crippen molar-refractivity contribution >= 4 is 5.91 Å². The first-order valence-electron chi connectivity index (χ1n) is 9.32. The fourth-order valence-electron chi connectivity index (χ4n) is 3.50. The minimum Gasteiger partial charge on any atom is -0.338 e. The molecule has 1 saturated heterocycles. The van der Waals surface area contributed by atoms with E-state index >= 15 is 0 Å². The number of nitrogens with zero attached hydrogens (tertiary/aromatic N) is 6. The van der Waals surface area contributed by atoms with Crippen molar-refractivity contribution in [3.63, 3.8) is 0 Å². The molecule has 0 spiro atoms. The Balaban J connectivity index is 1.37. The standard InChI is InChI=1S/C20H22N6O/c27-19(12-11-16-7-2-1-3-8-16)25-14-6-9-17(25)15-26-23-20(22-24-26)18-10-4-5-13-21-18/h1-5,7-8,10,13,17H,6,9,11-12,14-15H2/t17-/m0/s1. The van der Waals surface area contributed by atoms with Gasteiger partial charge in [-0.25, -0.2) is 0 Å². The first-order chi connectivity index (χ1) is 13.3. The molecule has 1 fully saturated rings. The van der Waals surface area contributed by atoms with Crippen molar-refractivity contribution in [3.8, 4) is 11.5 Å². The Hall–Kier alpha value is -3.09. The highest BCUT2D eigenvalue weighted by molar-refractivity contribution is 5.77. The second-order valence-electron chi connectivity index (χ2n) is 6.75. The molecule has 1 amide bonds. The Morgan fingerprint density at radius 3 is 2.78 bits per heavy atom. The molecule has 0 aliphatic carbocycles. The van der Waals surface area contributed by atoms with Gasteiger partial charge in [0.05, 0.1) is 12.6 Å². The molecule has 0 bridgehead atoms. The molecule has 3 aromatic rings. The van der Waals surface area contributed by atoms with Crippen LogP contribution < -0.4 is 0 Å². The topological polar surface area (TPSA) is 76.8 Å². The van der Waals surface area contributed by atoms with Gasteiger partial charge in [0.1, 0.15) is 5.69 Å². The Bertz CT molecular complexity index is 880. The first kappa shape index (κ1) is 17.3. The van der Waals surface area contributed by atoms with E-state index in [1.807, 2.05) is 41.3 Å². The number of aryl methyl sites for hydroxylation is 1. The Kier molecular flexibility index (Phi) is 5.18. The van der Waals surface area contributed by atoms with Gasteiger partial charge >= 0.3 is 0 Å². The predicted molar refractivity (Wildman–Crippen MR) is 101 cm³/mol. The van der Waals surface area contributed by atoms with Crippen molar-refractivity contribution in [1.29, 1.82) is 0 Å². The monoisotopic (exact) mass is 362 g/mol. The van der Waals surface area contributed by atoms with Crippen molar-refractivity contribution in [3.05, 3.63) is 60.3 Å². The molecule has 0 radical (unpaired) electrons. The molecular formula is C20H22N6O. The van der Waals surface area contributed by atoms with Crippen LogP contribution in [0.3, 0.4) is 0 Å². The van der Waals surface area contributed by atoms with Crippen LogP contribution in [-0.4, -0.2) is 48.6 Å². The van der Waals surface area contributed by atoms with Gasteiger partial charge in [0, 0.05) is 19.2 Å². The average Bonchev–Trinajstić information content (AvgIpc) is 3.38. The molecule has 3 heterocycles. The summed E-state index contributed by atoms with van der Waals surface area (Å²) in [6.07, 6.45) is 5.00. The maximum absolute atomic E-state index is 12.7. The van der Waals surface area contributed by atoms with Crippen LogP contribution in [0.1, 0.15) is 24.8 Å². The smallest absolute Gasteiger partial charge is 0.223 e. The highest BCUT2D eigenvalue weighted by Crippen LogP contribution is 2.20. The van der Waals surface area contributed by atoms with Gasteiger partial charge in [-0.3, -0.25) is 9.78 Å². The quantitative estimate of drug-likeness (QED) is 0.673. The largest absolute Gasteiger partial charge is 0.338 e. The van der Waals surface area contributed by atoms with Crippen molar-refractivity contribution in [1.82, 2.24) is 30.1 Å². The summed E-state index contributed by atoms with van der Waals surface area (Å²) in [5, 5.41) is 12.7. The van der Waals surface area contributed by atoms with Crippen LogP contribution in [0.25, 0.3) is 11.5 Å². The lowest BCUT2D eigenvalue weighted by atomic mass is 10.1. The normalized spacial score (nSPS) is 16.6. The predicted octanol–water partition coefficient (Wildman–Crippen LogP) is 2.36. The minimum atomic E-state index is 0.124. The van der Waals surface area contributed by atoms with E-state index in [-0.39, 0.29) is 11.9 Å². The third-order valence-electron chi connectivity index (χ3n) is 4.89. The first-order valence-corrected chi connectivity index (χ1v) is 9.32. The zero-order valence-corrected chi connectivity index (χ0v) is 15.1. The second-order valence-corrected chi connectivity index (χ2v) is 6.75. The number of hydrogen-bond acceptors (Lipinski definition) is 5. The summed E-state index contributed by atoms with van der Waals surface area (Å²) >= 11 is 0. The highest BCUT2D eigenvalue weighted by atomic mass is 16.2. The molecule has 4 rings (SSSR count). The summed E-state index contributed by atoms with van der Waals surface area (Å²) in [6, 6.07) is 15.9. The summed E-state index contributed by atoms with van der Waals surface area (Å²) in [5.74, 6) is 0.710. The van der Waals surface area contributed by atoms with Crippen LogP contribution in [0.2, 0.25) is 0 Å². The van der Waals surface area contributed by atoms with Gasteiger partial charge in [-0.15, -0.1) is 10.2 Å². The molecule has 7 heteroatoms. The zero-order chi connectivity index (χ0) is 18.5. The maximum atomic E-state index is 12.7. The van der Waals surface area contributed by atoms with Crippen molar-refractivity contribution in [2.24, 2.45) is 0 Å². The van der Waals surface area contributed by atoms with Crippen LogP contribution in [-0.2, 0) is 17.8 Å². The molecule has 0 N–H and O–H groups in total. The third-order valence-corrected chi connectivity index (χ3v) is 4.89. The van der Waals surface area contributed by atoms with Gasteiger partial charge in [0.2, 0.25) is 11.7 Å². The molecule has 0 unspecified atom stereocenters. The molecule has 1 aliphatic rings. The van der Waals surface area contributed by atoms with Crippen LogP contribution in [0, 0.1) is 0 Å². The lowest BCUT2D eigenvalue weighted by Crippen LogP contribution is -2.38. The van der Waals surface area contributed by atoms with E-state index in [9.17, 15) is 4.79 Å². The molecule has 138 valence electrons. The zero-order valence-electron chi connectivity index (χ0n) is 15.1. The van der Waals surface area contributed by atoms with Gasteiger partial charge in [0.25, 0.3) is 0 Å². The molecule has 1 aliphatic heterocycles. The van der Waals surface area contributed by atoms with Crippen molar-refractivity contribution in [2.75, 3.05) is 6.54 Å². The van der Waals surface area contributed by atoms with Crippen LogP contribution in [0.15, 0.2) is 54.7 Å². The number of rotatable bonds is 6. The molecule has 1 aromatic carbocycles. The van der Waals surface area contributed by atoms with Crippen molar-refractivity contribution in [2.45, 2.75) is 38.3 Å². The third kappa shape index (κ3) is 4.19. The minimum absolute atomic E-state index is 0.124. The molecule has 27 heavy (non-hydrogen) atoms. The van der Waals surface area contributed by atoms with Crippen molar-refractivity contribution < 1.29 is 4.79 Å². The lowest BCUT2D eigenvalue weighted by molar-refractivity contribution is -0.132. The van der Waals surface area contributed by atoms with Gasteiger partial charge < -0.3 is 4.90 Å². The molecular weight excluding hydrogens is 340 g/mol. The average molecular weight is 362 g/mol. The highest BCUT2D eigenvalue weighted by Gasteiger charge is 2.29. The Labute approximate surface area is 158 Å². The van der Waals surface area contributed by atoms with Gasteiger partial charge in [-0.2, -0.15) is 4.80 Å². The van der Waals surface area contributed by atoms with E-state index in [2.05, 4.69) is 32.5 Å². The summed E-state index contributed by atoms with van der Waals surface area (Å²) in [4.78, 5) is 20.5. The van der Waals surface area contributed by atoms with Crippen LogP contribution in [0.5, 0.6) is 0 Å². The number of carbonyl (C=O) groups is 1. The SMILES string of the molecule is O=C(CCc1ccccc1)N1CCC[C@H]1Cn1nnc(-c2ccccn2)n1. The van der Waals surface area contributed by atoms with Crippen LogP contribution >= 0.6 is 0 Å². The second kappa shape index (κ2) is 8.07. The molecule has 7 nitrogen and oxygen atoms in total. The number of hydrogen-bond donors (Lipinski definition) is 0. The van der Waals surface area contributed by atoms with E-state index in [4.69, 9.17) is 0 Å². The molecule has 0 saturated carbocycles. The number of benzene rings is 1. The fourth-order valence-corrected chi connectivity index (χ4v) is 3.50.